The lowest BCUT2D eigenvalue weighted by Crippen LogP contribution is -2.68. The molecule has 7 heteroatoms. The van der Waals surface area contributed by atoms with Crippen LogP contribution in [0, 0.1) is 57.2 Å². The zero-order valence-electron chi connectivity index (χ0n) is 32.1. The van der Waals surface area contributed by atoms with Crippen molar-refractivity contribution in [2.24, 2.45) is 57.2 Å². The van der Waals surface area contributed by atoms with Gasteiger partial charge in [-0.1, -0.05) is 60.6 Å². The first-order valence-corrected chi connectivity index (χ1v) is 22.2. The molecule has 6 nitrogen and oxygen atoms in total. The molecule has 2 aliphatic heterocycles. The van der Waals surface area contributed by atoms with Gasteiger partial charge in [0.1, 0.15) is 0 Å². The van der Waals surface area contributed by atoms with E-state index in [-0.39, 0.29) is 22.2 Å². The Bertz CT molecular complexity index is 1610. The number of nitrogens with one attached hydrogen (secondary N) is 1. The van der Waals surface area contributed by atoms with Crippen LogP contribution in [0.1, 0.15) is 141 Å². The number of likely N-dealkylation sites (tertiary alicyclic amines) is 1. The summed E-state index contributed by atoms with van der Waals surface area (Å²) in [6, 6.07) is 8.08. The van der Waals surface area contributed by atoms with Gasteiger partial charge >= 0.3 is 5.97 Å². The maximum absolute atomic E-state index is 12.4. The molecule has 8 rings (SSSR count). The third-order valence-electron chi connectivity index (χ3n) is 18.2. The van der Waals surface area contributed by atoms with Gasteiger partial charge in [0.25, 0.3) is 0 Å². The highest BCUT2D eigenvalue weighted by atomic mass is 32.2. The monoisotopic (exact) mass is 706 g/mol. The van der Waals surface area contributed by atoms with Gasteiger partial charge in [-0.25, -0.2) is 13.2 Å². The van der Waals surface area contributed by atoms with Crippen molar-refractivity contribution in [1.29, 1.82) is 0 Å². The van der Waals surface area contributed by atoms with Gasteiger partial charge in [0, 0.05) is 31.2 Å². The topological polar surface area (TPSA) is 86.7 Å². The molecule has 0 amide bonds. The highest BCUT2D eigenvalue weighted by Crippen LogP contribution is 2.77. The highest BCUT2D eigenvalue weighted by Gasteiger charge is 2.71. The van der Waals surface area contributed by atoms with Gasteiger partial charge < -0.3 is 10.4 Å². The van der Waals surface area contributed by atoms with Gasteiger partial charge in [0.2, 0.25) is 0 Å². The molecule has 0 aromatic heterocycles. The number of rotatable bonds is 7. The SMILES string of the molecule is CC(C)[C@@H]1CC[C@]2(NCCN3C[C@@H]4CC3CS4(=O)=O)CC[C@]3(C)[C@H](CC[C@@H]4[C@@]5(C)CC[C@@H](c6ccc(C(=O)O)cc6)C(C)(C)[C@@H]5CC[C@]43C)[C@@H]12. The number of hydrogen-bond donors (Lipinski definition) is 2. The summed E-state index contributed by atoms with van der Waals surface area (Å²) in [5.41, 5.74) is 3.10. The van der Waals surface area contributed by atoms with Crippen LogP contribution in [-0.4, -0.2) is 66.6 Å². The minimum atomic E-state index is -2.85. The standard InChI is InChI=1S/C43H66N2O4S/c1-27(2)32-14-19-43(44-22-23-45-25-31-24-30(45)26-50(31,48)49)21-20-41(6)34(37(32)43)12-13-36-40(5)17-15-33(28-8-10-29(11-9-28)38(46)47)39(3,4)35(40)16-18-42(36,41)7/h8-11,27,30-37,44H,12-26H2,1-7H3,(H,46,47)/t30?,31-,32-,33-,34+,35-,36+,37+,40-,41+,42+,43-/m0/s1. The van der Waals surface area contributed by atoms with Crippen molar-refractivity contribution in [2.45, 2.75) is 142 Å². The second-order valence-electron chi connectivity index (χ2n) is 20.4. The summed E-state index contributed by atoms with van der Waals surface area (Å²) < 4.78 is 24.8. The number of fused-ring (bicyclic) bond motifs is 9. The molecular formula is C43H66N2O4S. The molecule has 2 bridgehead atoms. The van der Waals surface area contributed by atoms with Gasteiger partial charge in [0.15, 0.2) is 9.84 Å². The van der Waals surface area contributed by atoms with Crippen LogP contribution in [0.5, 0.6) is 0 Å². The molecule has 1 aromatic carbocycles. The van der Waals surface area contributed by atoms with Gasteiger partial charge in [0.05, 0.1) is 16.6 Å². The minimum absolute atomic E-state index is 0.121. The Hall–Kier alpha value is -1.44. The van der Waals surface area contributed by atoms with Crippen molar-refractivity contribution >= 4 is 15.8 Å². The lowest BCUT2D eigenvalue weighted by molar-refractivity contribution is -0.235. The van der Waals surface area contributed by atoms with Gasteiger partial charge in [-0.15, -0.1) is 0 Å². The summed E-state index contributed by atoms with van der Waals surface area (Å²) in [6.45, 7) is 21.0. The van der Waals surface area contributed by atoms with Crippen molar-refractivity contribution in [2.75, 3.05) is 25.4 Å². The number of carboxylic acids is 1. The lowest BCUT2D eigenvalue weighted by atomic mass is 9.32. The highest BCUT2D eigenvalue weighted by molar-refractivity contribution is 7.92. The Balaban J connectivity index is 1.03. The predicted octanol–water partition coefficient (Wildman–Crippen LogP) is 8.42. The second kappa shape index (κ2) is 11.8. The van der Waals surface area contributed by atoms with Crippen molar-refractivity contribution in [3.63, 3.8) is 0 Å². The molecule has 278 valence electrons. The molecule has 1 aromatic rings. The van der Waals surface area contributed by atoms with E-state index in [1.807, 2.05) is 12.1 Å². The molecule has 2 saturated heterocycles. The molecule has 50 heavy (non-hydrogen) atoms. The first-order valence-electron chi connectivity index (χ1n) is 20.5. The van der Waals surface area contributed by atoms with E-state index in [0.717, 1.165) is 49.7 Å². The van der Waals surface area contributed by atoms with E-state index in [0.29, 0.717) is 45.3 Å². The van der Waals surface area contributed by atoms with Crippen molar-refractivity contribution in [3.8, 4) is 0 Å². The van der Waals surface area contributed by atoms with Gasteiger partial charge in [-0.3, -0.25) is 4.90 Å². The van der Waals surface area contributed by atoms with Crippen molar-refractivity contribution < 1.29 is 18.3 Å². The van der Waals surface area contributed by atoms with Gasteiger partial charge in [-0.2, -0.15) is 0 Å². The third kappa shape index (κ3) is 4.96. The summed E-state index contributed by atoms with van der Waals surface area (Å²) in [7, 11) is -2.85. The van der Waals surface area contributed by atoms with E-state index < -0.39 is 15.8 Å². The average Bonchev–Trinajstić information content (AvgIpc) is 3.72. The number of carbonyl (C=O) groups is 1. The second-order valence-corrected chi connectivity index (χ2v) is 22.7. The van der Waals surface area contributed by atoms with E-state index in [4.69, 9.17) is 0 Å². The van der Waals surface area contributed by atoms with Crippen LogP contribution in [0.2, 0.25) is 0 Å². The zero-order valence-corrected chi connectivity index (χ0v) is 33.0. The van der Waals surface area contributed by atoms with E-state index in [1.165, 1.54) is 69.8 Å². The Labute approximate surface area is 303 Å². The molecule has 5 saturated carbocycles. The van der Waals surface area contributed by atoms with E-state index in [9.17, 15) is 18.3 Å². The van der Waals surface area contributed by atoms with E-state index in [2.05, 4.69) is 70.8 Å². The summed E-state index contributed by atoms with van der Waals surface area (Å²) in [5.74, 6) is 4.35. The number of carboxylic acid groups (broad SMARTS) is 1. The van der Waals surface area contributed by atoms with Crippen molar-refractivity contribution in [1.82, 2.24) is 10.2 Å². The summed E-state index contributed by atoms with van der Waals surface area (Å²) >= 11 is 0. The van der Waals surface area contributed by atoms with Crippen LogP contribution < -0.4 is 5.32 Å². The fourth-order valence-electron chi connectivity index (χ4n) is 15.7. The molecule has 12 atom stereocenters. The normalized spacial score (nSPS) is 47.4. The molecule has 0 spiro atoms. The molecule has 1 unspecified atom stereocenters. The molecule has 0 radical (unpaired) electrons. The predicted molar refractivity (Wildman–Crippen MR) is 201 cm³/mol. The van der Waals surface area contributed by atoms with Gasteiger partial charge in [-0.05, 0) is 151 Å². The molecule has 7 aliphatic rings. The van der Waals surface area contributed by atoms with Crippen molar-refractivity contribution in [3.05, 3.63) is 35.4 Å². The number of sulfone groups is 1. The summed E-state index contributed by atoms with van der Waals surface area (Å²) in [4.78, 5) is 14.1. The minimum Gasteiger partial charge on any atom is -0.478 e. The molecule has 2 N–H and O–H groups in total. The van der Waals surface area contributed by atoms with Crippen LogP contribution in [0.15, 0.2) is 24.3 Å². The van der Waals surface area contributed by atoms with Crippen LogP contribution in [-0.2, 0) is 9.84 Å². The largest absolute Gasteiger partial charge is 0.478 e. The average molecular weight is 707 g/mol. The fraction of sp³-hybridized carbons (Fsp3) is 0.837. The number of benzene rings is 1. The maximum Gasteiger partial charge on any atom is 0.335 e. The quantitative estimate of drug-likeness (QED) is 0.296. The molecular weight excluding hydrogens is 641 g/mol. The smallest absolute Gasteiger partial charge is 0.335 e. The fourth-order valence-corrected chi connectivity index (χ4v) is 17.7. The van der Waals surface area contributed by atoms with Crippen LogP contribution in [0.25, 0.3) is 0 Å². The van der Waals surface area contributed by atoms with E-state index in [1.54, 1.807) is 0 Å². The molecule has 2 heterocycles. The van der Waals surface area contributed by atoms with Crippen LogP contribution in [0.4, 0.5) is 0 Å². The first kappa shape index (κ1) is 35.6. The number of nitrogens with zero attached hydrogens (tertiary/aromatic N) is 1. The Morgan fingerprint density at radius 2 is 1.64 bits per heavy atom. The summed E-state index contributed by atoms with van der Waals surface area (Å²) in [6.07, 6.45) is 13.9. The zero-order chi connectivity index (χ0) is 35.6. The Morgan fingerprint density at radius 1 is 0.900 bits per heavy atom. The number of hydrogen-bond acceptors (Lipinski definition) is 5. The number of aromatic carboxylic acids is 1. The lowest BCUT2D eigenvalue weighted by Gasteiger charge is -2.73. The third-order valence-corrected chi connectivity index (χ3v) is 20.4. The Morgan fingerprint density at radius 3 is 2.28 bits per heavy atom. The van der Waals surface area contributed by atoms with Crippen LogP contribution >= 0.6 is 0 Å². The maximum atomic E-state index is 12.4. The summed E-state index contributed by atoms with van der Waals surface area (Å²) in [5, 5.41) is 13.7. The molecule has 5 aliphatic carbocycles. The first-order chi connectivity index (χ1) is 23.5. The Kier molecular flexibility index (Phi) is 8.38. The van der Waals surface area contributed by atoms with Crippen LogP contribution in [0.3, 0.4) is 0 Å². The van der Waals surface area contributed by atoms with E-state index >= 15 is 0 Å². The molecule has 7 fully saturated rings.